The number of benzene rings is 1. The first-order valence-electron chi connectivity index (χ1n) is 2.96. The third-order valence-electron chi connectivity index (χ3n) is 1.26. The average molecular weight is 156 g/mol. The molecule has 4 heteroatoms. The van der Waals surface area contributed by atoms with Gasteiger partial charge in [0.2, 0.25) is 0 Å². The quantitative estimate of drug-likeness (QED) is 0.499. The highest BCUT2D eigenvalue weighted by Crippen LogP contribution is 2.29. The minimum Gasteiger partial charge on any atom is -0.504 e. The van der Waals surface area contributed by atoms with Gasteiger partial charge < -0.3 is 14.7 Å². The van der Waals surface area contributed by atoms with Crippen molar-refractivity contribution in [3.8, 4) is 17.2 Å². The van der Waals surface area contributed by atoms with Gasteiger partial charge in [0.05, 0.1) is 7.11 Å². The van der Waals surface area contributed by atoms with Crippen LogP contribution in [0.4, 0.5) is 0 Å². The maximum atomic E-state index is 9.07. The Morgan fingerprint density at radius 2 is 2.09 bits per heavy atom. The van der Waals surface area contributed by atoms with Crippen molar-refractivity contribution in [1.29, 1.82) is 0 Å². The number of rotatable bonds is 2. The Labute approximate surface area is 63.5 Å². The van der Waals surface area contributed by atoms with Gasteiger partial charge in [-0.3, -0.25) is 0 Å². The van der Waals surface area contributed by atoms with Gasteiger partial charge in [0, 0.05) is 6.07 Å². The summed E-state index contributed by atoms with van der Waals surface area (Å²) in [5.41, 5.74) is 0. The third-order valence-corrected chi connectivity index (χ3v) is 1.26. The molecule has 0 aliphatic carbocycles. The smallest absolute Gasteiger partial charge is 0.169 e. The summed E-state index contributed by atoms with van der Waals surface area (Å²) < 4.78 is 4.75. The number of phenolic OH excluding ortho intramolecular Hbond substituents is 1. The van der Waals surface area contributed by atoms with Gasteiger partial charge in [-0.25, -0.2) is 5.26 Å². The molecule has 0 spiro atoms. The maximum absolute atomic E-state index is 9.07. The number of methoxy groups -OCH3 is 1. The Morgan fingerprint density at radius 1 is 1.36 bits per heavy atom. The highest BCUT2D eigenvalue weighted by atomic mass is 17.1. The van der Waals surface area contributed by atoms with Gasteiger partial charge in [0.25, 0.3) is 0 Å². The normalized spacial score (nSPS) is 9.27. The van der Waals surface area contributed by atoms with Crippen LogP contribution in [0.3, 0.4) is 0 Å². The number of aromatic hydroxyl groups is 1. The summed E-state index contributed by atoms with van der Waals surface area (Å²) >= 11 is 0. The van der Waals surface area contributed by atoms with E-state index in [0.717, 1.165) is 0 Å². The van der Waals surface area contributed by atoms with Crippen LogP contribution in [0.2, 0.25) is 0 Å². The van der Waals surface area contributed by atoms with Crippen molar-refractivity contribution in [2.24, 2.45) is 0 Å². The first-order valence-corrected chi connectivity index (χ1v) is 2.96. The number of ether oxygens (including phenoxy) is 1. The molecule has 0 aromatic heterocycles. The second-order valence-electron chi connectivity index (χ2n) is 1.92. The van der Waals surface area contributed by atoms with Crippen LogP contribution in [0.1, 0.15) is 0 Å². The molecule has 0 aliphatic heterocycles. The minimum atomic E-state index is 0.00769. The topological polar surface area (TPSA) is 58.9 Å². The fourth-order valence-corrected chi connectivity index (χ4v) is 0.715. The van der Waals surface area contributed by atoms with Crippen molar-refractivity contribution in [1.82, 2.24) is 0 Å². The van der Waals surface area contributed by atoms with Gasteiger partial charge in [-0.2, -0.15) is 0 Å². The van der Waals surface area contributed by atoms with Crippen LogP contribution < -0.4 is 9.62 Å². The standard InChI is InChI=1S/C7H8O4/c1-10-7-4-5(11-9)2-3-6(7)8/h2-4,8-9H,1H3. The molecule has 0 fully saturated rings. The summed E-state index contributed by atoms with van der Waals surface area (Å²) in [5.74, 6) is 0.490. The zero-order valence-corrected chi connectivity index (χ0v) is 5.94. The molecule has 0 aliphatic rings. The van der Waals surface area contributed by atoms with E-state index in [2.05, 4.69) is 4.89 Å². The molecule has 0 atom stereocenters. The number of hydrogen-bond acceptors (Lipinski definition) is 4. The highest BCUT2D eigenvalue weighted by Gasteiger charge is 2.02. The molecule has 0 unspecified atom stereocenters. The Morgan fingerprint density at radius 3 is 2.64 bits per heavy atom. The van der Waals surface area contributed by atoms with Crippen LogP contribution in [0.15, 0.2) is 18.2 Å². The summed E-state index contributed by atoms with van der Waals surface area (Å²) in [6.07, 6.45) is 0. The van der Waals surface area contributed by atoms with Crippen molar-refractivity contribution in [3.63, 3.8) is 0 Å². The van der Waals surface area contributed by atoms with Crippen LogP contribution in [-0.2, 0) is 0 Å². The van der Waals surface area contributed by atoms with Crippen LogP contribution in [0, 0.1) is 0 Å². The van der Waals surface area contributed by atoms with E-state index in [0.29, 0.717) is 0 Å². The number of phenols is 1. The molecule has 4 nitrogen and oxygen atoms in total. The van der Waals surface area contributed by atoms with Gasteiger partial charge in [-0.15, -0.1) is 0 Å². The third kappa shape index (κ3) is 1.53. The Bertz CT molecular complexity index is 246. The van der Waals surface area contributed by atoms with Gasteiger partial charge in [0.15, 0.2) is 17.2 Å². The fraction of sp³-hybridized carbons (Fsp3) is 0.143. The lowest BCUT2D eigenvalue weighted by Gasteiger charge is -2.03. The predicted octanol–water partition coefficient (Wildman–Crippen LogP) is 1.25. The zero-order chi connectivity index (χ0) is 8.27. The van der Waals surface area contributed by atoms with Crippen molar-refractivity contribution in [3.05, 3.63) is 18.2 Å². The van der Waals surface area contributed by atoms with Crippen molar-refractivity contribution < 1.29 is 20.0 Å². The monoisotopic (exact) mass is 156 g/mol. The SMILES string of the molecule is COc1cc(OO)ccc1O. The van der Waals surface area contributed by atoms with Gasteiger partial charge in [-0.05, 0) is 12.1 Å². The van der Waals surface area contributed by atoms with Crippen molar-refractivity contribution in [2.45, 2.75) is 0 Å². The summed E-state index contributed by atoms with van der Waals surface area (Å²) in [6, 6.07) is 4.15. The van der Waals surface area contributed by atoms with Crippen LogP contribution >= 0.6 is 0 Å². The maximum Gasteiger partial charge on any atom is 0.169 e. The van der Waals surface area contributed by atoms with Crippen molar-refractivity contribution >= 4 is 0 Å². The Hall–Kier alpha value is -1.42. The molecule has 60 valence electrons. The largest absolute Gasteiger partial charge is 0.504 e. The van der Waals surface area contributed by atoms with E-state index in [4.69, 9.17) is 15.1 Å². The second kappa shape index (κ2) is 3.12. The van der Waals surface area contributed by atoms with E-state index in [9.17, 15) is 0 Å². The van der Waals surface area contributed by atoms with Crippen LogP contribution in [-0.4, -0.2) is 17.5 Å². The average Bonchev–Trinajstić information content (AvgIpc) is 2.05. The van der Waals surface area contributed by atoms with Gasteiger partial charge >= 0.3 is 0 Å². The molecule has 11 heavy (non-hydrogen) atoms. The summed E-state index contributed by atoms with van der Waals surface area (Å²) in [5, 5.41) is 17.3. The molecule has 0 amide bonds. The molecule has 0 saturated heterocycles. The molecule has 2 N–H and O–H groups in total. The number of hydrogen-bond donors (Lipinski definition) is 2. The molecular weight excluding hydrogens is 148 g/mol. The summed E-state index contributed by atoms with van der Waals surface area (Å²) in [6.45, 7) is 0. The van der Waals surface area contributed by atoms with Crippen LogP contribution in [0.5, 0.6) is 17.2 Å². The lowest BCUT2D eigenvalue weighted by atomic mass is 10.3. The summed E-state index contributed by atoms with van der Waals surface area (Å²) in [4.78, 5) is 3.92. The molecule has 1 aromatic rings. The molecule has 0 heterocycles. The molecule has 0 saturated carbocycles. The van der Waals surface area contributed by atoms with E-state index >= 15 is 0 Å². The van der Waals surface area contributed by atoms with Gasteiger partial charge in [0.1, 0.15) is 0 Å². The lowest BCUT2D eigenvalue weighted by Crippen LogP contribution is -1.86. The second-order valence-corrected chi connectivity index (χ2v) is 1.92. The zero-order valence-electron chi connectivity index (χ0n) is 5.94. The molecule has 0 bridgehead atoms. The van der Waals surface area contributed by atoms with Crippen molar-refractivity contribution in [2.75, 3.05) is 7.11 Å². The van der Waals surface area contributed by atoms with E-state index < -0.39 is 0 Å². The Balaban J connectivity index is 3.02. The lowest BCUT2D eigenvalue weighted by molar-refractivity contribution is -0.137. The fourth-order valence-electron chi connectivity index (χ4n) is 0.715. The first kappa shape index (κ1) is 7.68. The Kier molecular flexibility index (Phi) is 2.18. The van der Waals surface area contributed by atoms with E-state index in [1.54, 1.807) is 0 Å². The van der Waals surface area contributed by atoms with E-state index in [1.807, 2.05) is 0 Å². The first-order chi connectivity index (χ1) is 5.27. The molecule has 1 rings (SSSR count). The molecule has 0 radical (unpaired) electrons. The van der Waals surface area contributed by atoms with Gasteiger partial charge in [-0.1, -0.05) is 0 Å². The summed E-state index contributed by atoms with van der Waals surface area (Å²) in [7, 11) is 1.41. The molecular formula is C7H8O4. The van der Waals surface area contributed by atoms with E-state index in [1.165, 1.54) is 25.3 Å². The molecule has 1 aromatic carbocycles. The predicted molar refractivity (Wildman–Crippen MR) is 37.9 cm³/mol. The van der Waals surface area contributed by atoms with E-state index in [-0.39, 0.29) is 17.2 Å². The minimum absolute atomic E-state index is 0.00769. The van der Waals surface area contributed by atoms with Crippen LogP contribution in [0.25, 0.3) is 0 Å². The highest BCUT2D eigenvalue weighted by molar-refractivity contribution is 5.44.